The van der Waals surface area contributed by atoms with Crippen LogP contribution in [0.2, 0.25) is 0 Å². The fourth-order valence-corrected chi connectivity index (χ4v) is 4.14. The van der Waals surface area contributed by atoms with Crippen LogP contribution in [-0.2, 0) is 23.6 Å². The molecule has 0 spiro atoms. The predicted molar refractivity (Wildman–Crippen MR) is 96.1 cm³/mol. The highest BCUT2D eigenvalue weighted by Gasteiger charge is 2.29. The van der Waals surface area contributed by atoms with Gasteiger partial charge in [0.2, 0.25) is 10.0 Å². The van der Waals surface area contributed by atoms with Gasteiger partial charge in [-0.15, -0.1) is 0 Å². The second kappa shape index (κ2) is 7.05. The molecule has 2 aromatic rings. The SMILES string of the molecule is Cn1c(C2CCN(S(C)(=O)=O)CC2)nn(Cc2ccc(C#N)cc2)c1=O. The number of sulfonamides is 1. The molecule has 26 heavy (non-hydrogen) atoms. The van der Waals surface area contributed by atoms with Crippen molar-refractivity contribution in [1.82, 2.24) is 18.7 Å². The number of benzene rings is 1. The van der Waals surface area contributed by atoms with Crippen molar-refractivity contribution in [2.24, 2.45) is 7.05 Å². The summed E-state index contributed by atoms with van der Waals surface area (Å²) in [4.78, 5) is 12.5. The predicted octanol–water partition coefficient (Wildman–Crippen LogP) is 0.641. The van der Waals surface area contributed by atoms with Crippen molar-refractivity contribution in [2.45, 2.75) is 25.3 Å². The Balaban J connectivity index is 1.77. The standard InChI is InChI=1S/C17H21N5O3S/c1-20-16(15-7-9-21(10-8-15)26(2,24)25)19-22(17(20)23)12-14-5-3-13(11-18)4-6-14/h3-6,15H,7-10,12H2,1-2H3. The van der Waals surface area contributed by atoms with Crippen LogP contribution < -0.4 is 5.69 Å². The minimum Gasteiger partial charge on any atom is -0.282 e. The second-order valence-electron chi connectivity index (χ2n) is 6.60. The summed E-state index contributed by atoms with van der Waals surface area (Å²) in [5, 5.41) is 13.3. The van der Waals surface area contributed by atoms with E-state index < -0.39 is 10.0 Å². The van der Waals surface area contributed by atoms with Gasteiger partial charge >= 0.3 is 5.69 Å². The molecule has 0 bridgehead atoms. The molecule has 0 saturated carbocycles. The number of hydrogen-bond donors (Lipinski definition) is 0. The Morgan fingerprint density at radius 2 is 1.85 bits per heavy atom. The van der Waals surface area contributed by atoms with Gasteiger partial charge in [-0.3, -0.25) is 4.57 Å². The van der Waals surface area contributed by atoms with Crippen LogP contribution in [0.3, 0.4) is 0 Å². The third kappa shape index (κ3) is 3.71. The third-order valence-corrected chi connectivity index (χ3v) is 6.08. The fraction of sp³-hybridized carbons (Fsp3) is 0.471. The van der Waals surface area contributed by atoms with Gasteiger partial charge in [-0.05, 0) is 30.5 Å². The number of rotatable bonds is 4. The summed E-state index contributed by atoms with van der Waals surface area (Å²) in [6.07, 6.45) is 2.51. The largest absolute Gasteiger partial charge is 0.345 e. The Morgan fingerprint density at radius 3 is 2.38 bits per heavy atom. The molecule has 0 amide bonds. The van der Waals surface area contributed by atoms with Crippen molar-refractivity contribution in [3.8, 4) is 6.07 Å². The smallest absolute Gasteiger partial charge is 0.282 e. The molecule has 3 rings (SSSR count). The average molecular weight is 375 g/mol. The van der Waals surface area contributed by atoms with Gasteiger partial charge in [-0.1, -0.05) is 12.1 Å². The Bertz CT molecular complexity index is 990. The topological polar surface area (TPSA) is 101 Å². The molecule has 8 nitrogen and oxygen atoms in total. The Kier molecular flexibility index (Phi) is 4.98. The first-order valence-electron chi connectivity index (χ1n) is 8.37. The Morgan fingerprint density at radius 1 is 1.23 bits per heavy atom. The van der Waals surface area contributed by atoms with E-state index in [1.165, 1.54) is 15.2 Å². The van der Waals surface area contributed by atoms with Gasteiger partial charge in [-0.2, -0.15) is 10.4 Å². The van der Waals surface area contributed by atoms with Crippen LogP contribution in [-0.4, -0.2) is 46.4 Å². The summed E-state index contributed by atoms with van der Waals surface area (Å²) >= 11 is 0. The van der Waals surface area contributed by atoms with Gasteiger partial charge in [0.15, 0.2) is 0 Å². The lowest BCUT2D eigenvalue weighted by Gasteiger charge is -2.29. The molecule has 1 fully saturated rings. The molecule has 0 atom stereocenters. The molecule has 1 aliphatic heterocycles. The third-order valence-electron chi connectivity index (χ3n) is 4.78. The summed E-state index contributed by atoms with van der Waals surface area (Å²) in [5.41, 5.74) is 1.26. The van der Waals surface area contributed by atoms with E-state index in [2.05, 4.69) is 11.2 Å². The molecule has 0 radical (unpaired) electrons. The molecule has 138 valence electrons. The van der Waals surface area contributed by atoms with Crippen molar-refractivity contribution in [1.29, 1.82) is 5.26 Å². The number of aromatic nitrogens is 3. The fourth-order valence-electron chi connectivity index (χ4n) is 3.27. The van der Waals surface area contributed by atoms with Gasteiger partial charge in [0.05, 0.1) is 24.4 Å². The maximum Gasteiger partial charge on any atom is 0.345 e. The van der Waals surface area contributed by atoms with Crippen molar-refractivity contribution < 1.29 is 8.42 Å². The number of hydrogen-bond acceptors (Lipinski definition) is 5. The number of piperidine rings is 1. The lowest BCUT2D eigenvalue weighted by molar-refractivity contribution is 0.311. The maximum absolute atomic E-state index is 12.5. The Hall–Kier alpha value is -2.44. The zero-order valence-electron chi connectivity index (χ0n) is 14.8. The van der Waals surface area contributed by atoms with Crippen LogP contribution in [0.25, 0.3) is 0 Å². The van der Waals surface area contributed by atoms with E-state index in [0.29, 0.717) is 43.9 Å². The quantitative estimate of drug-likeness (QED) is 0.781. The lowest BCUT2D eigenvalue weighted by atomic mass is 9.97. The molecule has 0 aliphatic carbocycles. The van der Waals surface area contributed by atoms with Gasteiger partial charge in [0.1, 0.15) is 5.82 Å². The highest BCUT2D eigenvalue weighted by Crippen LogP contribution is 2.26. The molecule has 0 N–H and O–H groups in total. The molecule has 0 unspecified atom stereocenters. The van der Waals surface area contributed by atoms with Crippen molar-refractivity contribution in [3.05, 3.63) is 51.7 Å². The van der Waals surface area contributed by atoms with Crippen LogP contribution >= 0.6 is 0 Å². The molecule has 1 aliphatic rings. The highest BCUT2D eigenvalue weighted by molar-refractivity contribution is 7.88. The minimum atomic E-state index is -3.17. The van der Waals surface area contributed by atoms with Gasteiger partial charge < -0.3 is 0 Å². The summed E-state index contributed by atoms with van der Waals surface area (Å²) in [6.45, 7) is 1.22. The average Bonchev–Trinajstić information content (AvgIpc) is 2.90. The van der Waals surface area contributed by atoms with Crippen molar-refractivity contribution in [3.63, 3.8) is 0 Å². The van der Waals surface area contributed by atoms with Crippen LogP contribution in [0.4, 0.5) is 0 Å². The van der Waals surface area contributed by atoms with Gasteiger partial charge in [-0.25, -0.2) is 22.2 Å². The van der Waals surface area contributed by atoms with Gasteiger partial charge in [0.25, 0.3) is 0 Å². The molecule has 9 heteroatoms. The first kappa shape index (κ1) is 18.4. The summed E-state index contributed by atoms with van der Waals surface area (Å²) in [6, 6.07) is 9.11. The first-order valence-corrected chi connectivity index (χ1v) is 10.2. The van der Waals surface area contributed by atoms with E-state index in [-0.39, 0.29) is 11.6 Å². The molecular formula is C17H21N5O3S. The van der Waals surface area contributed by atoms with Gasteiger partial charge in [0, 0.05) is 26.1 Å². The van der Waals surface area contributed by atoms with E-state index in [4.69, 9.17) is 5.26 Å². The second-order valence-corrected chi connectivity index (χ2v) is 8.58. The van der Waals surface area contributed by atoms with E-state index in [9.17, 15) is 13.2 Å². The molecule has 1 aromatic carbocycles. The number of nitrogens with zero attached hydrogens (tertiary/aromatic N) is 5. The first-order chi connectivity index (χ1) is 12.3. The van der Waals surface area contributed by atoms with Crippen LogP contribution in [0.15, 0.2) is 29.1 Å². The molecule has 1 saturated heterocycles. The van der Waals surface area contributed by atoms with E-state index in [0.717, 1.165) is 5.56 Å². The minimum absolute atomic E-state index is 0.0629. The van der Waals surface area contributed by atoms with Crippen molar-refractivity contribution in [2.75, 3.05) is 19.3 Å². The highest BCUT2D eigenvalue weighted by atomic mass is 32.2. The molecule has 2 heterocycles. The monoisotopic (exact) mass is 375 g/mol. The lowest BCUT2D eigenvalue weighted by Crippen LogP contribution is -2.37. The molecule has 1 aromatic heterocycles. The summed E-state index contributed by atoms with van der Waals surface area (Å²) in [7, 11) is -1.48. The van der Waals surface area contributed by atoms with Crippen molar-refractivity contribution >= 4 is 10.0 Å². The summed E-state index contributed by atoms with van der Waals surface area (Å²) < 4.78 is 27.7. The Labute approximate surface area is 152 Å². The maximum atomic E-state index is 12.5. The zero-order valence-corrected chi connectivity index (χ0v) is 15.6. The number of nitriles is 1. The van der Waals surface area contributed by atoms with E-state index >= 15 is 0 Å². The van der Waals surface area contributed by atoms with Crippen LogP contribution in [0.5, 0.6) is 0 Å². The zero-order chi connectivity index (χ0) is 18.9. The van der Waals surface area contributed by atoms with Crippen LogP contribution in [0, 0.1) is 11.3 Å². The van der Waals surface area contributed by atoms with Crippen LogP contribution in [0.1, 0.15) is 35.7 Å². The van der Waals surface area contributed by atoms with E-state index in [1.54, 1.807) is 23.7 Å². The van der Waals surface area contributed by atoms with E-state index in [1.807, 2.05) is 12.1 Å². The summed E-state index contributed by atoms with van der Waals surface area (Å²) in [5.74, 6) is 0.754. The molecular weight excluding hydrogens is 354 g/mol. The normalized spacial score (nSPS) is 16.5.